The maximum absolute atomic E-state index is 13.6. The molecule has 12 heteroatoms. The van der Waals surface area contributed by atoms with Crippen LogP contribution >= 0.6 is 45.8 Å². The highest BCUT2D eigenvalue weighted by Crippen LogP contribution is 2.37. The lowest BCUT2D eigenvalue weighted by Crippen LogP contribution is -2.55. The van der Waals surface area contributed by atoms with E-state index in [1.165, 1.54) is 13.2 Å². The fourth-order valence-electron chi connectivity index (χ4n) is 4.59. The minimum Gasteiger partial charge on any atom is -0.493 e. The molecule has 1 aliphatic rings. The van der Waals surface area contributed by atoms with Crippen LogP contribution in [-0.4, -0.2) is 70.5 Å². The Balaban J connectivity index is 2.06. The molecule has 1 aliphatic carbocycles. The number of carbonyl (C=O) groups is 2. The maximum atomic E-state index is 13.6. The van der Waals surface area contributed by atoms with Crippen LogP contribution < -0.4 is 14.8 Å². The number of benzene rings is 2. The molecule has 2 aromatic rings. The molecule has 0 saturated heterocycles. The van der Waals surface area contributed by atoms with E-state index in [1.54, 1.807) is 35.2 Å². The molecular weight excluding hydrogens is 686 g/mol. The first-order chi connectivity index (χ1) is 19.5. The Kier molecular flexibility index (Phi) is 12.6. The number of nitrogens with one attached hydrogen (secondary N) is 1. The summed E-state index contributed by atoms with van der Waals surface area (Å²) in [4.78, 5) is 28.2. The largest absolute Gasteiger partial charge is 0.493 e. The minimum absolute atomic E-state index is 0.0442. The van der Waals surface area contributed by atoms with Crippen LogP contribution in [0.1, 0.15) is 37.8 Å². The van der Waals surface area contributed by atoms with E-state index in [1.807, 2.05) is 36.4 Å². The van der Waals surface area contributed by atoms with Crippen molar-refractivity contribution in [3.8, 4) is 11.5 Å². The lowest BCUT2D eigenvalue weighted by molar-refractivity contribution is -0.140. The second-order valence-corrected chi connectivity index (χ2v) is 12.1. The van der Waals surface area contributed by atoms with Crippen LogP contribution in [-0.2, 0) is 22.7 Å². The number of halogens is 3. The number of ether oxygens (including phenoxy) is 2. The van der Waals surface area contributed by atoms with Crippen molar-refractivity contribution in [3.63, 3.8) is 0 Å². The first kappa shape index (κ1) is 33.4. The van der Waals surface area contributed by atoms with Gasteiger partial charge in [0.05, 0.1) is 40.0 Å². The molecule has 0 aliphatic heterocycles. The molecule has 0 bridgehead atoms. The van der Waals surface area contributed by atoms with Crippen molar-refractivity contribution in [2.45, 2.75) is 58.1 Å². The zero-order valence-electron chi connectivity index (χ0n) is 23.1. The van der Waals surface area contributed by atoms with Crippen LogP contribution in [0.25, 0.3) is 0 Å². The Morgan fingerprint density at radius 1 is 1.15 bits per heavy atom. The smallest absolute Gasteiger partial charge is 0.247 e. The van der Waals surface area contributed by atoms with Crippen LogP contribution in [0, 0.1) is 9.49 Å². The molecule has 0 aromatic heterocycles. The van der Waals surface area contributed by atoms with Gasteiger partial charge in [-0.05, 0) is 70.0 Å². The molecule has 9 nitrogen and oxygen atoms in total. The molecule has 3 rings (SSSR count). The quantitative estimate of drug-likeness (QED) is 0.243. The number of hydrogen-bond donors (Lipinski definition) is 4. The molecule has 2 aromatic carbocycles. The fourth-order valence-corrected chi connectivity index (χ4v) is 5.70. The first-order valence-electron chi connectivity index (χ1n) is 13.1. The van der Waals surface area contributed by atoms with Gasteiger partial charge in [0.2, 0.25) is 11.8 Å². The van der Waals surface area contributed by atoms with Gasteiger partial charge < -0.3 is 35.0 Å². The van der Waals surface area contributed by atoms with E-state index in [4.69, 9.17) is 32.7 Å². The summed E-state index contributed by atoms with van der Waals surface area (Å²) in [5.74, 6) is 0.0766. The van der Waals surface area contributed by atoms with Gasteiger partial charge in [-0.25, -0.2) is 0 Å². The molecule has 0 heterocycles. The van der Waals surface area contributed by atoms with Gasteiger partial charge in [-0.15, -0.1) is 0 Å². The summed E-state index contributed by atoms with van der Waals surface area (Å²) in [5.41, 5.74) is 1.63. The molecule has 0 radical (unpaired) electrons. The summed E-state index contributed by atoms with van der Waals surface area (Å²) >= 11 is 14.4. The zero-order valence-corrected chi connectivity index (χ0v) is 26.7. The van der Waals surface area contributed by atoms with Gasteiger partial charge in [-0.2, -0.15) is 0 Å². The summed E-state index contributed by atoms with van der Waals surface area (Å²) in [6, 6.07) is 7.60. The lowest BCUT2D eigenvalue weighted by Gasteiger charge is -2.41. The van der Waals surface area contributed by atoms with Crippen molar-refractivity contribution in [1.29, 1.82) is 0 Å². The standard InChI is InChI=1S/C29H35Cl2IN2O7/c1-16(2)8-26(37)34(14-17-4-5-20(30)21(31)9-17)23-12-19(29(39)33-6-7-35)13-24(27(23)38)41-28-22(32)10-18(15-36)11-25(28)40-3/h4-5,9-11,13,16,23-24,27,35-36,38H,6-8,12,14-15H2,1-3H3,(H,33,39)/t23-,24+,27+/m1/s1. The van der Waals surface area contributed by atoms with Crippen LogP contribution in [0.2, 0.25) is 10.0 Å². The Morgan fingerprint density at radius 2 is 1.88 bits per heavy atom. The number of nitrogens with zero attached hydrogens (tertiary/aromatic N) is 1. The summed E-state index contributed by atoms with van der Waals surface area (Å²) in [7, 11) is 1.46. The number of aliphatic hydroxyl groups excluding tert-OH is 3. The average Bonchev–Trinajstić information content (AvgIpc) is 2.93. The Morgan fingerprint density at radius 3 is 2.49 bits per heavy atom. The van der Waals surface area contributed by atoms with Crippen molar-refractivity contribution in [1.82, 2.24) is 10.2 Å². The monoisotopic (exact) mass is 720 g/mol. The van der Waals surface area contributed by atoms with Gasteiger partial charge in [0.25, 0.3) is 0 Å². The molecule has 4 N–H and O–H groups in total. The second-order valence-electron chi connectivity index (χ2n) is 10.2. The van der Waals surface area contributed by atoms with E-state index in [0.29, 0.717) is 41.8 Å². The normalized spacial score (nSPS) is 18.6. The second kappa shape index (κ2) is 15.4. The summed E-state index contributed by atoms with van der Waals surface area (Å²) in [6.45, 7) is 3.58. The lowest BCUT2D eigenvalue weighted by atomic mass is 9.87. The Hall–Kier alpha value is -2.09. The van der Waals surface area contributed by atoms with E-state index >= 15 is 0 Å². The topological polar surface area (TPSA) is 129 Å². The van der Waals surface area contributed by atoms with Gasteiger partial charge in [-0.3, -0.25) is 9.59 Å². The van der Waals surface area contributed by atoms with E-state index < -0.39 is 24.2 Å². The molecule has 0 fully saturated rings. The molecule has 41 heavy (non-hydrogen) atoms. The summed E-state index contributed by atoms with van der Waals surface area (Å²) in [5, 5.41) is 33.9. The summed E-state index contributed by atoms with van der Waals surface area (Å²) in [6.07, 6.45) is -0.440. The van der Waals surface area contributed by atoms with Crippen LogP contribution in [0.4, 0.5) is 0 Å². The molecule has 3 atom stereocenters. The third-order valence-electron chi connectivity index (χ3n) is 6.58. The van der Waals surface area contributed by atoms with E-state index in [2.05, 4.69) is 5.32 Å². The molecule has 0 spiro atoms. The molecule has 0 saturated carbocycles. The van der Waals surface area contributed by atoms with Crippen molar-refractivity contribution in [2.75, 3.05) is 20.3 Å². The van der Waals surface area contributed by atoms with Crippen molar-refractivity contribution < 1.29 is 34.4 Å². The van der Waals surface area contributed by atoms with Crippen molar-refractivity contribution in [2.24, 2.45) is 5.92 Å². The predicted molar refractivity (Wildman–Crippen MR) is 165 cm³/mol. The predicted octanol–water partition coefficient (Wildman–Crippen LogP) is 4.09. The molecule has 224 valence electrons. The molecular formula is C29H35Cl2IN2O7. The van der Waals surface area contributed by atoms with Gasteiger partial charge in [0.1, 0.15) is 12.2 Å². The van der Waals surface area contributed by atoms with Crippen molar-refractivity contribution in [3.05, 3.63) is 66.7 Å². The van der Waals surface area contributed by atoms with Gasteiger partial charge in [-0.1, -0.05) is 43.1 Å². The van der Waals surface area contributed by atoms with Crippen molar-refractivity contribution >= 4 is 57.6 Å². The number of aliphatic hydroxyl groups is 3. The number of methoxy groups -OCH3 is 1. The van der Waals surface area contributed by atoms with Gasteiger partial charge in [0, 0.05) is 31.5 Å². The van der Waals surface area contributed by atoms with E-state index in [-0.39, 0.29) is 51.0 Å². The number of rotatable bonds is 12. The Bertz CT molecular complexity index is 1270. The van der Waals surface area contributed by atoms with E-state index in [0.717, 1.165) is 0 Å². The zero-order chi connectivity index (χ0) is 30.3. The highest BCUT2D eigenvalue weighted by Gasteiger charge is 2.41. The molecule has 2 amide bonds. The third-order valence-corrected chi connectivity index (χ3v) is 8.12. The highest BCUT2D eigenvalue weighted by molar-refractivity contribution is 14.1. The minimum atomic E-state index is -1.22. The first-order valence-corrected chi connectivity index (χ1v) is 15.0. The van der Waals surface area contributed by atoms with Gasteiger partial charge >= 0.3 is 0 Å². The van der Waals surface area contributed by atoms with Gasteiger partial charge in [0.15, 0.2) is 11.5 Å². The van der Waals surface area contributed by atoms with Crippen LogP contribution in [0.5, 0.6) is 11.5 Å². The third kappa shape index (κ3) is 8.71. The summed E-state index contributed by atoms with van der Waals surface area (Å²) < 4.78 is 12.4. The number of carbonyl (C=O) groups excluding carboxylic acids is 2. The number of amides is 2. The fraction of sp³-hybridized carbons (Fsp3) is 0.448. The SMILES string of the molecule is COc1cc(CO)cc(I)c1O[C@H]1C=C(C(=O)NCCO)C[C@@H](N(Cc2ccc(Cl)c(Cl)c2)C(=O)CC(C)C)[C@@H]1O. The van der Waals surface area contributed by atoms with Crippen LogP contribution in [0.3, 0.4) is 0 Å². The number of hydrogen-bond acceptors (Lipinski definition) is 7. The highest BCUT2D eigenvalue weighted by atomic mass is 127. The van der Waals surface area contributed by atoms with E-state index in [9.17, 15) is 24.9 Å². The van der Waals surface area contributed by atoms with Crippen LogP contribution in [0.15, 0.2) is 42.0 Å². The Labute approximate surface area is 263 Å². The average molecular weight is 721 g/mol. The maximum Gasteiger partial charge on any atom is 0.247 e. The molecule has 0 unspecified atom stereocenters.